The molecule has 10 heavy (non-hydrogen) atoms. The van der Waals surface area contributed by atoms with Crippen LogP contribution in [-0.2, 0) is 9.53 Å². The predicted octanol–water partition coefficient (Wildman–Crippen LogP) is 0.320. The molecular formula is C7H12O3. The molecule has 0 radical (unpaired) electrons. The molecule has 1 heterocycles. The van der Waals surface area contributed by atoms with Crippen molar-refractivity contribution >= 4 is 5.97 Å². The van der Waals surface area contributed by atoms with Crippen molar-refractivity contribution in [3.8, 4) is 0 Å². The van der Waals surface area contributed by atoms with Crippen LogP contribution in [0.3, 0.4) is 0 Å². The number of aliphatic hydroxyl groups excluding tert-OH is 1. The number of cyclic esters (lactones) is 1. The lowest BCUT2D eigenvalue weighted by Gasteiger charge is -2.18. The minimum atomic E-state index is -0.615. The Morgan fingerprint density at radius 1 is 1.90 bits per heavy atom. The Labute approximate surface area is 60.0 Å². The number of rotatable bonds is 1. The molecule has 3 heteroatoms. The van der Waals surface area contributed by atoms with Gasteiger partial charge < -0.3 is 9.84 Å². The van der Waals surface area contributed by atoms with Crippen LogP contribution in [0.4, 0.5) is 0 Å². The normalized spacial score (nSPS) is 39.9. The van der Waals surface area contributed by atoms with E-state index in [1.165, 1.54) is 0 Å². The minimum Gasteiger partial charge on any atom is -0.457 e. The molecule has 0 aromatic carbocycles. The molecule has 3 nitrogen and oxygen atoms in total. The molecule has 1 N–H and O–H groups in total. The van der Waals surface area contributed by atoms with Crippen LogP contribution >= 0.6 is 0 Å². The van der Waals surface area contributed by atoms with Crippen molar-refractivity contribution in [1.29, 1.82) is 0 Å². The monoisotopic (exact) mass is 144 g/mol. The van der Waals surface area contributed by atoms with Crippen molar-refractivity contribution in [2.24, 2.45) is 5.92 Å². The lowest BCUT2D eigenvalue weighted by Crippen LogP contribution is -2.28. The molecule has 1 aliphatic rings. The summed E-state index contributed by atoms with van der Waals surface area (Å²) >= 11 is 0. The van der Waals surface area contributed by atoms with E-state index in [0.29, 0.717) is 6.42 Å². The maximum absolute atomic E-state index is 10.8. The van der Waals surface area contributed by atoms with E-state index in [0.717, 1.165) is 0 Å². The lowest BCUT2D eigenvalue weighted by atomic mass is 9.98. The van der Waals surface area contributed by atoms with Crippen LogP contribution in [0.25, 0.3) is 0 Å². The maximum atomic E-state index is 10.8. The van der Waals surface area contributed by atoms with E-state index >= 15 is 0 Å². The molecule has 2 unspecified atom stereocenters. The highest BCUT2D eigenvalue weighted by Gasteiger charge is 2.40. The fourth-order valence-corrected chi connectivity index (χ4v) is 1.21. The van der Waals surface area contributed by atoms with Crippen molar-refractivity contribution in [1.82, 2.24) is 0 Å². The van der Waals surface area contributed by atoms with E-state index in [-0.39, 0.29) is 18.5 Å². The number of hydrogen-bond donors (Lipinski definition) is 1. The quantitative estimate of drug-likeness (QED) is 0.539. The average molecular weight is 144 g/mol. The molecule has 0 aliphatic carbocycles. The second-order valence-corrected chi connectivity index (χ2v) is 3.13. The molecule has 1 rings (SSSR count). The highest BCUT2D eigenvalue weighted by atomic mass is 16.6. The van der Waals surface area contributed by atoms with Crippen molar-refractivity contribution in [2.45, 2.75) is 25.9 Å². The van der Waals surface area contributed by atoms with Gasteiger partial charge >= 0.3 is 5.97 Å². The summed E-state index contributed by atoms with van der Waals surface area (Å²) in [5.74, 6) is -0.256. The molecule has 0 aromatic rings. The Morgan fingerprint density at radius 3 is 2.70 bits per heavy atom. The van der Waals surface area contributed by atoms with Crippen LogP contribution in [0.5, 0.6) is 0 Å². The van der Waals surface area contributed by atoms with Crippen LogP contribution < -0.4 is 0 Å². The standard InChI is InChI=1S/C7H12O3/c1-5-3-7(2,4-8)10-6(5)9/h5,8H,3-4H2,1-2H3. The van der Waals surface area contributed by atoms with Gasteiger partial charge in [0, 0.05) is 6.42 Å². The molecule has 58 valence electrons. The summed E-state index contributed by atoms with van der Waals surface area (Å²) in [6.45, 7) is 3.47. The van der Waals surface area contributed by atoms with E-state index in [9.17, 15) is 4.79 Å². The topological polar surface area (TPSA) is 46.5 Å². The largest absolute Gasteiger partial charge is 0.457 e. The van der Waals surface area contributed by atoms with E-state index < -0.39 is 5.60 Å². The van der Waals surface area contributed by atoms with Gasteiger partial charge in [0.25, 0.3) is 0 Å². The Morgan fingerprint density at radius 2 is 2.50 bits per heavy atom. The molecule has 0 saturated carbocycles. The molecule has 0 aromatic heterocycles. The second-order valence-electron chi connectivity index (χ2n) is 3.13. The molecule has 0 bridgehead atoms. The number of ether oxygens (including phenoxy) is 1. The fraction of sp³-hybridized carbons (Fsp3) is 0.857. The smallest absolute Gasteiger partial charge is 0.309 e. The Bertz CT molecular complexity index is 155. The van der Waals surface area contributed by atoms with Gasteiger partial charge in [-0.05, 0) is 6.92 Å². The highest BCUT2D eigenvalue weighted by Crippen LogP contribution is 2.29. The van der Waals surface area contributed by atoms with Crippen LogP contribution in [0.1, 0.15) is 20.3 Å². The molecule has 1 fully saturated rings. The average Bonchev–Trinajstić information content (AvgIpc) is 2.10. The highest BCUT2D eigenvalue weighted by molar-refractivity contribution is 5.74. The van der Waals surface area contributed by atoms with E-state index in [1.54, 1.807) is 6.92 Å². The van der Waals surface area contributed by atoms with Crippen molar-refractivity contribution in [2.75, 3.05) is 6.61 Å². The Kier molecular flexibility index (Phi) is 1.68. The van der Waals surface area contributed by atoms with Gasteiger partial charge in [-0.1, -0.05) is 6.92 Å². The van der Waals surface area contributed by atoms with Gasteiger partial charge in [-0.3, -0.25) is 4.79 Å². The molecule has 1 saturated heterocycles. The number of esters is 1. The third-order valence-corrected chi connectivity index (χ3v) is 1.82. The maximum Gasteiger partial charge on any atom is 0.309 e. The number of carbonyl (C=O) groups excluding carboxylic acids is 1. The van der Waals surface area contributed by atoms with Gasteiger partial charge in [-0.25, -0.2) is 0 Å². The first-order valence-electron chi connectivity index (χ1n) is 3.41. The molecule has 2 atom stereocenters. The van der Waals surface area contributed by atoms with Crippen molar-refractivity contribution in [3.63, 3.8) is 0 Å². The first kappa shape index (κ1) is 7.54. The van der Waals surface area contributed by atoms with Crippen molar-refractivity contribution < 1.29 is 14.6 Å². The summed E-state index contributed by atoms with van der Waals surface area (Å²) in [4.78, 5) is 10.8. The van der Waals surface area contributed by atoms with E-state index in [1.807, 2.05) is 6.92 Å². The minimum absolute atomic E-state index is 0.0582. The summed E-state index contributed by atoms with van der Waals surface area (Å²) in [6, 6.07) is 0. The third-order valence-electron chi connectivity index (χ3n) is 1.82. The predicted molar refractivity (Wildman–Crippen MR) is 35.4 cm³/mol. The number of carbonyl (C=O) groups is 1. The summed E-state index contributed by atoms with van der Waals surface area (Å²) in [6.07, 6.45) is 0.627. The molecule has 1 aliphatic heterocycles. The molecule has 0 spiro atoms. The van der Waals surface area contributed by atoms with E-state index in [4.69, 9.17) is 9.84 Å². The Balaban J connectivity index is 2.64. The SMILES string of the molecule is CC1CC(C)(CO)OC1=O. The van der Waals surface area contributed by atoms with Crippen LogP contribution in [-0.4, -0.2) is 23.3 Å². The summed E-state index contributed by atoms with van der Waals surface area (Å²) < 4.78 is 4.92. The summed E-state index contributed by atoms with van der Waals surface area (Å²) in [5.41, 5.74) is -0.615. The summed E-state index contributed by atoms with van der Waals surface area (Å²) in [7, 11) is 0. The lowest BCUT2D eigenvalue weighted by molar-refractivity contribution is -0.151. The van der Waals surface area contributed by atoms with E-state index in [2.05, 4.69) is 0 Å². The third kappa shape index (κ3) is 1.14. The zero-order valence-electron chi connectivity index (χ0n) is 6.26. The van der Waals surface area contributed by atoms with Crippen LogP contribution in [0, 0.1) is 5.92 Å². The first-order valence-corrected chi connectivity index (χ1v) is 3.41. The zero-order chi connectivity index (χ0) is 7.78. The first-order chi connectivity index (χ1) is 4.57. The summed E-state index contributed by atoms with van der Waals surface area (Å²) in [5, 5.41) is 8.78. The zero-order valence-corrected chi connectivity index (χ0v) is 6.26. The number of hydrogen-bond acceptors (Lipinski definition) is 3. The fourth-order valence-electron chi connectivity index (χ4n) is 1.21. The van der Waals surface area contributed by atoms with Gasteiger partial charge in [0.05, 0.1) is 12.5 Å². The molecule has 0 amide bonds. The molecular weight excluding hydrogens is 132 g/mol. The van der Waals surface area contributed by atoms with Gasteiger partial charge in [-0.15, -0.1) is 0 Å². The van der Waals surface area contributed by atoms with Crippen molar-refractivity contribution in [3.05, 3.63) is 0 Å². The van der Waals surface area contributed by atoms with Crippen LogP contribution in [0.2, 0.25) is 0 Å². The van der Waals surface area contributed by atoms with Gasteiger partial charge in [0.2, 0.25) is 0 Å². The van der Waals surface area contributed by atoms with Gasteiger partial charge in [0.15, 0.2) is 0 Å². The second kappa shape index (κ2) is 2.23. The van der Waals surface area contributed by atoms with Crippen LogP contribution in [0.15, 0.2) is 0 Å². The number of aliphatic hydroxyl groups is 1. The Hall–Kier alpha value is -0.570. The van der Waals surface area contributed by atoms with Gasteiger partial charge in [-0.2, -0.15) is 0 Å². The van der Waals surface area contributed by atoms with Gasteiger partial charge in [0.1, 0.15) is 5.60 Å².